The van der Waals surface area contributed by atoms with Gasteiger partial charge in [0.1, 0.15) is 11.5 Å². The molecule has 2 aliphatic heterocycles. The van der Waals surface area contributed by atoms with Crippen molar-refractivity contribution in [3.05, 3.63) is 30.1 Å². The van der Waals surface area contributed by atoms with Gasteiger partial charge in [-0.15, -0.1) is 0 Å². The Morgan fingerprint density at radius 2 is 1.81 bits per heavy atom. The van der Waals surface area contributed by atoms with E-state index >= 15 is 0 Å². The van der Waals surface area contributed by atoms with Crippen LogP contribution in [-0.2, 0) is 9.59 Å². The van der Waals surface area contributed by atoms with Crippen molar-refractivity contribution in [3.8, 4) is 0 Å². The molecule has 4 amide bonds. The SMILES string of the molecule is O=C1CCN(c2cnc3c(C4CCN(C(=O)C5CCCCC5)CC4)cccn23)C(=O)N1. The van der Waals surface area contributed by atoms with Gasteiger partial charge >= 0.3 is 6.03 Å². The minimum absolute atomic E-state index is 0.228. The summed E-state index contributed by atoms with van der Waals surface area (Å²) in [6.45, 7) is 1.95. The fourth-order valence-corrected chi connectivity index (χ4v) is 5.34. The number of urea groups is 1. The highest BCUT2D eigenvalue weighted by Crippen LogP contribution is 2.34. The zero-order chi connectivity index (χ0) is 21.4. The van der Waals surface area contributed by atoms with E-state index in [0.717, 1.165) is 50.0 Å². The zero-order valence-corrected chi connectivity index (χ0v) is 17.8. The van der Waals surface area contributed by atoms with Crippen molar-refractivity contribution in [3.63, 3.8) is 0 Å². The zero-order valence-electron chi connectivity index (χ0n) is 17.8. The van der Waals surface area contributed by atoms with E-state index < -0.39 is 6.03 Å². The van der Waals surface area contributed by atoms with E-state index in [4.69, 9.17) is 0 Å². The molecule has 1 aliphatic carbocycles. The van der Waals surface area contributed by atoms with Crippen molar-refractivity contribution in [2.75, 3.05) is 24.5 Å². The molecule has 164 valence electrons. The van der Waals surface area contributed by atoms with Gasteiger partial charge in [0.25, 0.3) is 0 Å². The standard InChI is InChI=1S/C23H29N5O3/c29-19-10-14-28(23(31)25-19)20-15-24-21-18(7-4-11-27(20)21)16-8-12-26(13-9-16)22(30)17-5-2-1-3-6-17/h4,7,11,15-17H,1-3,5-6,8-10,12-14H2,(H,25,29,31). The van der Waals surface area contributed by atoms with Gasteiger partial charge in [-0.25, -0.2) is 9.78 Å². The van der Waals surface area contributed by atoms with Gasteiger partial charge in [0, 0.05) is 38.2 Å². The lowest BCUT2D eigenvalue weighted by atomic mass is 9.86. The molecule has 0 atom stereocenters. The normalized spacial score (nSPS) is 21.5. The first-order valence-electron chi connectivity index (χ1n) is 11.5. The summed E-state index contributed by atoms with van der Waals surface area (Å²) in [6.07, 6.45) is 11.5. The van der Waals surface area contributed by atoms with Crippen molar-refractivity contribution in [1.82, 2.24) is 19.6 Å². The van der Waals surface area contributed by atoms with Crippen molar-refractivity contribution < 1.29 is 14.4 Å². The molecule has 0 radical (unpaired) electrons. The number of pyridine rings is 1. The molecule has 0 unspecified atom stereocenters. The molecule has 8 nitrogen and oxygen atoms in total. The van der Waals surface area contributed by atoms with E-state index in [0.29, 0.717) is 24.2 Å². The molecule has 0 spiro atoms. The minimum atomic E-state index is -0.405. The second-order valence-corrected chi connectivity index (χ2v) is 8.96. The summed E-state index contributed by atoms with van der Waals surface area (Å²) < 4.78 is 1.93. The second kappa shape index (κ2) is 8.32. The summed E-state index contributed by atoms with van der Waals surface area (Å²) in [4.78, 5) is 44.9. The van der Waals surface area contributed by atoms with E-state index in [2.05, 4.69) is 21.3 Å². The number of imide groups is 1. The summed E-state index contributed by atoms with van der Waals surface area (Å²) in [6, 6.07) is 3.69. The molecule has 31 heavy (non-hydrogen) atoms. The first-order chi connectivity index (χ1) is 15.1. The molecule has 5 rings (SSSR count). The number of nitrogens with zero attached hydrogens (tertiary/aromatic N) is 4. The third-order valence-corrected chi connectivity index (χ3v) is 7.08. The third-order valence-electron chi connectivity index (χ3n) is 7.08. The monoisotopic (exact) mass is 423 g/mol. The summed E-state index contributed by atoms with van der Waals surface area (Å²) >= 11 is 0. The molecule has 0 bridgehead atoms. The topological polar surface area (TPSA) is 87.0 Å². The number of nitrogens with one attached hydrogen (secondary N) is 1. The van der Waals surface area contributed by atoms with Crippen LogP contribution in [0.1, 0.15) is 62.8 Å². The molecule has 0 aromatic carbocycles. The number of piperidine rings is 1. The predicted octanol–water partition coefficient (Wildman–Crippen LogP) is 3.07. The average molecular weight is 424 g/mol. The van der Waals surface area contributed by atoms with E-state index in [1.165, 1.54) is 19.3 Å². The van der Waals surface area contributed by atoms with Gasteiger partial charge in [0.05, 0.1) is 6.20 Å². The van der Waals surface area contributed by atoms with Gasteiger partial charge in [-0.3, -0.25) is 24.2 Å². The highest BCUT2D eigenvalue weighted by Gasteiger charge is 2.31. The first kappa shape index (κ1) is 20.0. The van der Waals surface area contributed by atoms with Crippen LogP contribution in [0.2, 0.25) is 0 Å². The second-order valence-electron chi connectivity index (χ2n) is 8.96. The number of anilines is 1. The Hall–Kier alpha value is -2.90. The smallest absolute Gasteiger partial charge is 0.329 e. The van der Waals surface area contributed by atoms with Crippen LogP contribution in [0.4, 0.5) is 10.6 Å². The minimum Gasteiger partial charge on any atom is -0.342 e. The highest BCUT2D eigenvalue weighted by atomic mass is 16.2. The summed E-state index contributed by atoms with van der Waals surface area (Å²) in [5.41, 5.74) is 2.01. The lowest BCUT2D eigenvalue weighted by molar-refractivity contribution is -0.137. The predicted molar refractivity (Wildman–Crippen MR) is 116 cm³/mol. The van der Waals surface area contributed by atoms with Crippen LogP contribution in [-0.4, -0.2) is 51.8 Å². The van der Waals surface area contributed by atoms with Crippen LogP contribution in [0.15, 0.2) is 24.5 Å². The lowest BCUT2D eigenvalue weighted by Crippen LogP contribution is -2.50. The Balaban J connectivity index is 1.31. The van der Waals surface area contributed by atoms with Gasteiger partial charge in [0.2, 0.25) is 11.8 Å². The molecule has 2 saturated heterocycles. The molecule has 2 aromatic rings. The maximum absolute atomic E-state index is 12.9. The van der Waals surface area contributed by atoms with E-state index in [1.807, 2.05) is 16.7 Å². The van der Waals surface area contributed by atoms with Gasteiger partial charge < -0.3 is 4.90 Å². The number of amides is 4. The molecular weight excluding hydrogens is 394 g/mol. The van der Waals surface area contributed by atoms with Crippen molar-refractivity contribution in [1.29, 1.82) is 0 Å². The molecule has 3 aliphatic rings. The summed E-state index contributed by atoms with van der Waals surface area (Å²) in [7, 11) is 0. The Morgan fingerprint density at radius 3 is 2.55 bits per heavy atom. The maximum atomic E-state index is 12.9. The molecule has 1 N–H and O–H groups in total. The number of rotatable bonds is 3. The molecule has 4 heterocycles. The van der Waals surface area contributed by atoms with E-state index in [-0.39, 0.29) is 18.2 Å². The van der Waals surface area contributed by atoms with Crippen LogP contribution < -0.4 is 10.2 Å². The average Bonchev–Trinajstić information content (AvgIpc) is 3.23. The van der Waals surface area contributed by atoms with Gasteiger partial charge in [-0.2, -0.15) is 0 Å². The van der Waals surface area contributed by atoms with Crippen LogP contribution in [0.25, 0.3) is 5.65 Å². The fourth-order valence-electron chi connectivity index (χ4n) is 5.34. The molecule has 3 fully saturated rings. The van der Waals surface area contributed by atoms with Crippen molar-refractivity contribution >= 4 is 29.3 Å². The van der Waals surface area contributed by atoms with Crippen molar-refractivity contribution in [2.45, 2.75) is 57.3 Å². The Morgan fingerprint density at radius 1 is 1.03 bits per heavy atom. The first-order valence-corrected chi connectivity index (χ1v) is 11.5. The molecule has 2 aromatic heterocycles. The van der Waals surface area contributed by atoms with Crippen LogP contribution in [0.3, 0.4) is 0 Å². The number of fused-ring (bicyclic) bond motifs is 1. The molecule has 8 heteroatoms. The van der Waals surface area contributed by atoms with E-state index in [1.54, 1.807) is 11.1 Å². The molecular formula is C23H29N5O3. The number of hydrogen-bond donors (Lipinski definition) is 1. The Labute approximate surface area is 181 Å². The number of carbonyl (C=O) groups is 3. The largest absolute Gasteiger partial charge is 0.342 e. The summed E-state index contributed by atoms with van der Waals surface area (Å²) in [5.74, 6) is 1.35. The number of carbonyl (C=O) groups excluding carboxylic acids is 3. The number of likely N-dealkylation sites (tertiary alicyclic amines) is 1. The van der Waals surface area contributed by atoms with Crippen LogP contribution in [0, 0.1) is 5.92 Å². The maximum Gasteiger partial charge on any atom is 0.329 e. The van der Waals surface area contributed by atoms with E-state index in [9.17, 15) is 14.4 Å². The Kier molecular flexibility index (Phi) is 5.38. The number of aromatic nitrogens is 2. The summed E-state index contributed by atoms with van der Waals surface area (Å²) in [5, 5.41) is 2.37. The van der Waals surface area contributed by atoms with Crippen LogP contribution >= 0.6 is 0 Å². The van der Waals surface area contributed by atoms with Gasteiger partial charge in [0.15, 0.2) is 0 Å². The van der Waals surface area contributed by atoms with Crippen molar-refractivity contribution in [2.24, 2.45) is 5.92 Å². The van der Waals surface area contributed by atoms with Crippen LogP contribution in [0.5, 0.6) is 0 Å². The highest BCUT2D eigenvalue weighted by molar-refractivity contribution is 6.05. The van der Waals surface area contributed by atoms with Gasteiger partial charge in [-0.1, -0.05) is 25.3 Å². The van der Waals surface area contributed by atoms with Gasteiger partial charge in [-0.05, 0) is 43.2 Å². The third kappa shape index (κ3) is 3.79. The molecule has 1 saturated carbocycles. The number of imidazole rings is 1. The quantitative estimate of drug-likeness (QED) is 0.822. The number of hydrogen-bond acceptors (Lipinski definition) is 4. The lowest BCUT2D eigenvalue weighted by Gasteiger charge is -2.35. The Bertz CT molecular complexity index is 1000. The fraction of sp³-hybridized carbons (Fsp3) is 0.565.